The van der Waals surface area contributed by atoms with Crippen molar-refractivity contribution in [1.82, 2.24) is 5.43 Å². The Morgan fingerprint density at radius 2 is 1.71 bits per heavy atom. The smallest absolute Gasteiger partial charge is 0.416 e. The largest absolute Gasteiger partial charge is 0.493 e. The molecule has 0 bridgehead atoms. The number of carbonyl (C=O) groups excluding carboxylic acids is 2. The number of carbonyl (C=O) groups is 2. The fourth-order valence-electron chi connectivity index (χ4n) is 2.11. The maximum absolute atomic E-state index is 12.7. The minimum absolute atomic E-state index is 0.168. The van der Waals surface area contributed by atoms with Crippen LogP contribution in [0.1, 0.15) is 11.1 Å². The molecule has 0 aliphatic carbocycles. The number of hydrazone groups is 1. The summed E-state index contributed by atoms with van der Waals surface area (Å²) in [6.45, 7) is 0. The van der Waals surface area contributed by atoms with Crippen molar-refractivity contribution in [2.45, 2.75) is 6.18 Å². The lowest BCUT2D eigenvalue weighted by Gasteiger charge is -2.09. The monoisotopic (exact) mass is 395 g/mol. The van der Waals surface area contributed by atoms with E-state index in [1.165, 1.54) is 26.5 Å². The Morgan fingerprint density at radius 1 is 1.00 bits per heavy atom. The minimum Gasteiger partial charge on any atom is -0.493 e. The molecule has 2 rings (SSSR count). The summed E-state index contributed by atoms with van der Waals surface area (Å²) < 4.78 is 48.2. The van der Waals surface area contributed by atoms with E-state index in [1.807, 2.05) is 5.43 Å². The molecule has 2 amide bonds. The van der Waals surface area contributed by atoms with E-state index in [2.05, 4.69) is 10.4 Å². The molecule has 2 N–H and O–H groups in total. The Bertz CT molecular complexity index is 898. The predicted molar refractivity (Wildman–Crippen MR) is 95.4 cm³/mol. The molecule has 0 atom stereocenters. The third kappa shape index (κ3) is 5.47. The third-order valence-corrected chi connectivity index (χ3v) is 3.44. The van der Waals surface area contributed by atoms with Gasteiger partial charge in [-0.25, -0.2) is 5.43 Å². The normalized spacial score (nSPS) is 11.2. The van der Waals surface area contributed by atoms with Crippen LogP contribution in [0.4, 0.5) is 18.9 Å². The summed E-state index contributed by atoms with van der Waals surface area (Å²) in [7, 11) is 2.94. The number of nitrogens with zero attached hydrogens (tertiary/aromatic N) is 1. The Morgan fingerprint density at radius 3 is 2.36 bits per heavy atom. The van der Waals surface area contributed by atoms with E-state index < -0.39 is 23.6 Å². The van der Waals surface area contributed by atoms with Gasteiger partial charge in [0.05, 0.1) is 26.0 Å². The number of methoxy groups -OCH3 is 2. The first-order valence-electron chi connectivity index (χ1n) is 7.78. The van der Waals surface area contributed by atoms with Gasteiger partial charge in [0, 0.05) is 5.69 Å². The van der Waals surface area contributed by atoms with Crippen LogP contribution in [0.2, 0.25) is 0 Å². The zero-order valence-electron chi connectivity index (χ0n) is 14.8. The Kier molecular flexibility index (Phi) is 6.59. The second kappa shape index (κ2) is 8.89. The number of hydrogen-bond donors (Lipinski definition) is 2. The zero-order chi connectivity index (χ0) is 20.7. The van der Waals surface area contributed by atoms with Gasteiger partial charge < -0.3 is 14.8 Å². The number of rotatable bonds is 5. The summed E-state index contributed by atoms with van der Waals surface area (Å²) in [5, 5.41) is 5.70. The SMILES string of the molecule is COc1ccc(/C=N\NC(=O)C(=O)Nc2cccc(C(F)(F)F)c2)cc1OC. The van der Waals surface area contributed by atoms with Crippen molar-refractivity contribution >= 4 is 23.7 Å². The van der Waals surface area contributed by atoms with Crippen molar-refractivity contribution in [3.8, 4) is 11.5 Å². The van der Waals surface area contributed by atoms with Crippen LogP contribution in [-0.4, -0.2) is 32.2 Å². The molecule has 0 radical (unpaired) electrons. The van der Waals surface area contributed by atoms with Gasteiger partial charge in [-0.05, 0) is 42.0 Å². The van der Waals surface area contributed by atoms with Crippen molar-refractivity contribution in [2.75, 3.05) is 19.5 Å². The molecule has 0 fully saturated rings. The number of amides is 2. The maximum atomic E-state index is 12.7. The van der Waals surface area contributed by atoms with E-state index in [0.29, 0.717) is 17.1 Å². The molecule has 0 heterocycles. The predicted octanol–water partition coefficient (Wildman–Crippen LogP) is 2.81. The second-order valence-electron chi connectivity index (χ2n) is 5.35. The zero-order valence-corrected chi connectivity index (χ0v) is 14.8. The summed E-state index contributed by atoms with van der Waals surface area (Å²) in [5.41, 5.74) is 1.42. The van der Waals surface area contributed by atoms with Crippen molar-refractivity contribution in [3.63, 3.8) is 0 Å². The highest BCUT2D eigenvalue weighted by Gasteiger charge is 2.30. The minimum atomic E-state index is -4.56. The molecule has 2 aromatic carbocycles. The molecule has 7 nitrogen and oxygen atoms in total. The van der Waals surface area contributed by atoms with E-state index in [1.54, 1.807) is 18.2 Å². The number of benzene rings is 2. The highest BCUT2D eigenvalue weighted by atomic mass is 19.4. The average Bonchev–Trinajstić information content (AvgIpc) is 2.67. The van der Waals surface area contributed by atoms with Crippen molar-refractivity contribution in [1.29, 1.82) is 0 Å². The molecule has 0 aliphatic heterocycles. The molecule has 0 spiro atoms. The van der Waals surface area contributed by atoms with Gasteiger partial charge in [-0.3, -0.25) is 9.59 Å². The van der Waals surface area contributed by atoms with Crippen molar-refractivity contribution < 1.29 is 32.2 Å². The van der Waals surface area contributed by atoms with Gasteiger partial charge in [0.1, 0.15) is 0 Å². The molecule has 2 aromatic rings. The van der Waals surface area contributed by atoms with Gasteiger partial charge >= 0.3 is 18.0 Å². The van der Waals surface area contributed by atoms with Gasteiger partial charge in [-0.1, -0.05) is 6.07 Å². The number of hydrogen-bond acceptors (Lipinski definition) is 5. The molecule has 0 saturated heterocycles. The summed E-state index contributed by atoms with van der Waals surface area (Å²) in [6.07, 6.45) is -3.30. The summed E-state index contributed by atoms with van der Waals surface area (Å²) in [6, 6.07) is 8.78. The highest BCUT2D eigenvalue weighted by Crippen LogP contribution is 2.30. The van der Waals surface area contributed by atoms with Crippen molar-refractivity contribution in [3.05, 3.63) is 53.6 Å². The summed E-state index contributed by atoms with van der Waals surface area (Å²) >= 11 is 0. The molecule has 0 unspecified atom stereocenters. The lowest BCUT2D eigenvalue weighted by atomic mass is 10.2. The fraction of sp³-hybridized carbons (Fsp3) is 0.167. The van der Waals surface area contributed by atoms with E-state index in [4.69, 9.17) is 9.47 Å². The molecule has 0 aliphatic rings. The molecular formula is C18H16F3N3O4. The summed E-state index contributed by atoms with van der Waals surface area (Å²) in [4.78, 5) is 23.5. The quantitative estimate of drug-likeness (QED) is 0.463. The highest BCUT2D eigenvalue weighted by molar-refractivity contribution is 6.39. The Labute approximate surface area is 158 Å². The number of nitrogens with one attached hydrogen (secondary N) is 2. The lowest BCUT2D eigenvalue weighted by Crippen LogP contribution is -2.32. The Balaban J connectivity index is 1.98. The van der Waals surface area contributed by atoms with Gasteiger partial charge in [0.15, 0.2) is 11.5 Å². The number of ether oxygens (including phenoxy) is 2. The first-order valence-corrected chi connectivity index (χ1v) is 7.78. The van der Waals surface area contributed by atoms with Gasteiger partial charge in [0.2, 0.25) is 0 Å². The standard InChI is InChI=1S/C18H16F3N3O4/c1-27-14-7-6-11(8-15(14)28-2)10-22-24-17(26)16(25)23-13-5-3-4-12(9-13)18(19,20)21/h3-10H,1-2H3,(H,23,25)(H,24,26)/b22-10-. The number of halogens is 3. The molecule has 28 heavy (non-hydrogen) atoms. The van der Waals surface area contributed by atoms with Gasteiger partial charge in [-0.15, -0.1) is 0 Å². The van der Waals surface area contributed by atoms with Crippen LogP contribution in [0.25, 0.3) is 0 Å². The summed E-state index contributed by atoms with van der Waals surface area (Å²) in [5.74, 6) is -1.36. The van der Waals surface area contributed by atoms with E-state index >= 15 is 0 Å². The van der Waals surface area contributed by atoms with Crippen LogP contribution in [0, 0.1) is 0 Å². The Hall–Kier alpha value is -3.56. The first kappa shape index (κ1) is 20.7. The molecule has 0 saturated carbocycles. The van der Waals surface area contributed by atoms with E-state index in [-0.39, 0.29) is 5.69 Å². The van der Waals surface area contributed by atoms with Crippen LogP contribution >= 0.6 is 0 Å². The van der Waals surface area contributed by atoms with Gasteiger partial charge in [-0.2, -0.15) is 18.3 Å². The maximum Gasteiger partial charge on any atom is 0.416 e. The topological polar surface area (TPSA) is 89.0 Å². The molecular weight excluding hydrogens is 379 g/mol. The molecule has 10 heteroatoms. The first-order chi connectivity index (χ1) is 13.2. The van der Waals surface area contributed by atoms with Gasteiger partial charge in [0.25, 0.3) is 0 Å². The van der Waals surface area contributed by atoms with Crippen LogP contribution in [0.3, 0.4) is 0 Å². The van der Waals surface area contributed by atoms with E-state index in [9.17, 15) is 22.8 Å². The lowest BCUT2D eigenvalue weighted by molar-refractivity contribution is -0.137. The van der Waals surface area contributed by atoms with Crippen LogP contribution in [0.5, 0.6) is 11.5 Å². The second-order valence-corrected chi connectivity index (χ2v) is 5.35. The third-order valence-electron chi connectivity index (χ3n) is 3.44. The van der Waals surface area contributed by atoms with Crippen LogP contribution in [-0.2, 0) is 15.8 Å². The van der Waals surface area contributed by atoms with Crippen LogP contribution in [0.15, 0.2) is 47.6 Å². The van der Waals surface area contributed by atoms with Crippen molar-refractivity contribution in [2.24, 2.45) is 5.10 Å². The number of anilines is 1. The molecule has 0 aromatic heterocycles. The van der Waals surface area contributed by atoms with E-state index in [0.717, 1.165) is 18.2 Å². The fourth-order valence-corrected chi connectivity index (χ4v) is 2.11. The molecule has 148 valence electrons. The average molecular weight is 395 g/mol. The number of alkyl halides is 3. The van der Waals surface area contributed by atoms with Crippen LogP contribution < -0.4 is 20.2 Å².